The lowest BCUT2D eigenvalue weighted by atomic mass is 10.1. The third kappa shape index (κ3) is 2.41. The molecule has 0 atom stereocenters. The Kier molecular flexibility index (Phi) is 4.23. The van der Waals surface area contributed by atoms with Crippen molar-refractivity contribution in [3.8, 4) is 0 Å². The molecule has 2 nitrogen and oxygen atoms in total. The first-order valence-electron chi connectivity index (χ1n) is 3.72. The van der Waals surface area contributed by atoms with Crippen LogP contribution in [-0.2, 0) is 10.1 Å². The van der Waals surface area contributed by atoms with Crippen molar-refractivity contribution in [1.29, 1.82) is 0 Å². The molecule has 0 aliphatic rings. The molecule has 0 heterocycles. The molecule has 0 aromatic heterocycles. The molecule has 1 aromatic carbocycles. The Labute approximate surface area is 100 Å². The van der Waals surface area contributed by atoms with Crippen molar-refractivity contribution in [2.45, 2.75) is 5.33 Å². The number of halogens is 3. The highest BCUT2D eigenvalue weighted by atomic mass is 79.9. The summed E-state index contributed by atoms with van der Waals surface area (Å²) in [5, 5.41) is 1.24. The molecule has 14 heavy (non-hydrogen) atoms. The van der Waals surface area contributed by atoms with E-state index in [0.717, 1.165) is 5.56 Å². The van der Waals surface area contributed by atoms with E-state index in [0.29, 0.717) is 15.4 Å². The summed E-state index contributed by atoms with van der Waals surface area (Å²) >= 11 is 15.0. The number of carbonyl (C=O) groups is 1. The molecule has 1 aromatic rings. The summed E-state index contributed by atoms with van der Waals surface area (Å²) in [7, 11) is 1.29. The maximum absolute atomic E-state index is 11.3. The first-order valence-corrected chi connectivity index (χ1v) is 5.60. The third-order valence-corrected chi connectivity index (χ3v) is 2.89. The van der Waals surface area contributed by atoms with E-state index >= 15 is 0 Å². The van der Waals surface area contributed by atoms with Crippen LogP contribution in [0.4, 0.5) is 0 Å². The standard InChI is InChI=1S/C9H7BrCl2O2/c1-14-9(13)8-6(11)2-5(4-10)3-7(8)12/h2-3H,4H2,1H3. The van der Waals surface area contributed by atoms with E-state index < -0.39 is 5.97 Å². The van der Waals surface area contributed by atoms with Gasteiger partial charge in [0.1, 0.15) is 0 Å². The van der Waals surface area contributed by atoms with Crippen molar-refractivity contribution in [2.24, 2.45) is 0 Å². The number of benzene rings is 1. The lowest BCUT2D eigenvalue weighted by Gasteiger charge is -2.06. The first kappa shape index (κ1) is 11.8. The first-order chi connectivity index (χ1) is 6.60. The Bertz CT molecular complexity index is 343. The molecule has 76 valence electrons. The van der Waals surface area contributed by atoms with Crippen molar-refractivity contribution in [3.63, 3.8) is 0 Å². The molecule has 0 amide bonds. The van der Waals surface area contributed by atoms with Crippen LogP contribution in [0.5, 0.6) is 0 Å². The highest BCUT2D eigenvalue weighted by Crippen LogP contribution is 2.28. The van der Waals surface area contributed by atoms with Gasteiger partial charge in [-0.15, -0.1) is 0 Å². The highest BCUT2D eigenvalue weighted by molar-refractivity contribution is 9.08. The van der Waals surface area contributed by atoms with Crippen LogP contribution in [-0.4, -0.2) is 13.1 Å². The minimum absolute atomic E-state index is 0.209. The van der Waals surface area contributed by atoms with Gasteiger partial charge in [-0.05, 0) is 17.7 Å². The highest BCUT2D eigenvalue weighted by Gasteiger charge is 2.15. The second-order valence-electron chi connectivity index (χ2n) is 2.56. The topological polar surface area (TPSA) is 26.3 Å². The average Bonchev–Trinajstić information content (AvgIpc) is 2.16. The molecule has 0 radical (unpaired) electrons. The largest absolute Gasteiger partial charge is 0.465 e. The molecule has 0 aliphatic carbocycles. The van der Waals surface area contributed by atoms with Gasteiger partial charge in [-0.2, -0.15) is 0 Å². The number of esters is 1. The van der Waals surface area contributed by atoms with Crippen molar-refractivity contribution >= 4 is 45.1 Å². The van der Waals surface area contributed by atoms with Crippen LogP contribution in [0, 0.1) is 0 Å². The summed E-state index contributed by atoms with van der Waals surface area (Å²) < 4.78 is 4.55. The summed E-state index contributed by atoms with van der Waals surface area (Å²) in [4.78, 5) is 11.3. The van der Waals surface area contributed by atoms with E-state index in [2.05, 4.69) is 20.7 Å². The molecule has 0 N–H and O–H groups in total. The predicted octanol–water partition coefficient (Wildman–Crippen LogP) is 3.67. The molecule has 0 bridgehead atoms. The molecule has 0 saturated carbocycles. The monoisotopic (exact) mass is 296 g/mol. The van der Waals surface area contributed by atoms with E-state index in [1.54, 1.807) is 12.1 Å². The van der Waals surface area contributed by atoms with Crippen molar-refractivity contribution in [1.82, 2.24) is 0 Å². The number of rotatable bonds is 2. The molecular formula is C9H7BrCl2O2. The molecule has 0 aliphatic heterocycles. The maximum Gasteiger partial charge on any atom is 0.340 e. The van der Waals surface area contributed by atoms with Gasteiger partial charge in [-0.25, -0.2) is 4.79 Å². The van der Waals surface area contributed by atoms with Crippen LogP contribution in [0.25, 0.3) is 0 Å². The van der Waals surface area contributed by atoms with Gasteiger partial charge in [0.15, 0.2) is 0 Å². The van der Waals surface area contributed by atoms with Gasteiger partial charge in [-0.1, -0.05) is 39.1 Å². The molecule has 0 fully saturated rings. The van der Waals surface area contributed by atoms with Crippen LogP contribution in [0.1, 0.15) is 15.9 Å². The lowest BCUT2D eigenvalue weighted by molar-refractivity contribution is 0.0601. The summed E-state index contributed by atoms with van der Waals surface area (Å²) in [6, 6.07) is 3.35. The fourth-order valence-electron chi connectivity index (χ4n) is 1.000. The summed E-state index contributed by atoms with van der Waals surface area (Å²) in [5.74, 6) is -0.527. The van der Waals surface area contributed by atoms with Crippen LogP contribution in [0.2, 0.25) is 10.0 Å². The normalized spacial score (nSPS) is 10.0. The van der Waals surface area contributed by atoms with Crippen molar-refractivity contribution in [2.75, 3.05) is 7.11 Å². The zero-order valence-corrected chi connectivity index (χ0v) is 10.4. The van der Waals surface area contributed by atoms with E-state index in [4.69, 9.17) is 23.2 Å². The zero-order valence-electron chi connectivity index (χ0n) is 7.31. The Morgan fingerprint density at radius 2 is 1.93 bits per heavy atom. The van der Waals surface area contributed by atoms with Crippen LogP contribution in [0.15, 0.2) is 12.1 Å². The Morgan fingerprint density at radius 3 is 2.29 bits per heavy atom. The number of hydrogen-bond acceptors (Lipinski definition) is 2. The van der Waals surface area contributed by atoms with E-state index in [1.165, 1.54) is 7.11 Å². The third-order valence-electron chi connectivity index (χ3n) is 1.65. The number of methoxy groups -OCH3 is 1. The smallest absolute Gasteiger partial charge is 0.340 e. The summed E-state index contributed by atoms with van der Waals surface area (Å²) in [5.41, 5.74) is 1.12. The predicted molar refractivity (Wildman–Crippen MR) is 60.4 cm³/mol. The molecule has 0 saturated heterocycles. The number of carbonyl (C=O) groups excluding carboxylic acids is 1. The number of hydrogen-bond donors (Lipinski definition) is 0. The minimum atomic E-state index is -0.527. The summed E-state index contributed by atoms with van der Waals surface area (Å²) in [6.07, 6.45) is 0. The molecule has 5 heteroatoms. The van der Waals surface area contributed by atoms with E-state index in [1.807, 2.05) is 0 Å². The average molecular weight is 298 g/mol. The lowest BCUT2D eigenvalue weighted by Crippen LogP contribution is -2.03. The van der Waals surface area contributed by atoms with Crippen LogP contribution in [0.3, 0.4) is 0 Å². The molecular weight excluding hydrogens is 291 g/mol. The number of alkyl halides is 1. The van der Waals surface area contributed by atoms with Gasteiger partial charge in [0.2, 0.25) is 0 Å². The minimum Gasteiger partial charge on any atom is -0.465 e. The van der Waals surface area contributed by atoms with Gasteiger partial charge < -0.3 is 4.74 Å². The number of ether oxygens (including phenoxy) is 1. The quantitative estimate of drug-likeness (QED) is 0.615. The Morgan fingerprint density at radius 1 is 1.43 bits per heavy atom. The van der Waals surface area contributed by atoms with E-state index in [9.17, 15) is 4.79 Å². The molecule has 0 spiro atoms. The zero-order chi connectivity index (χ0) is 10.7. The van der Waals surface area contributed by atoms with E-state index in [-0.39, 0.29) is 5.56 Å². The van der Waals surface area contributed by atoms with Gasteiger partial charge in [0, 0.05) is 5.33 Å². The van der Waals surface area contributed by atoms with Crippen molar-refractivity contribution in [3.05, 3.63) is 33.3 Å². The molecule has 0 unspecified atom stereocenters. The van der Waals surface area contributed by atoms with Crippen molar-refractivity contribution < 1.29 is 9.53 Å². The second kappa shape index (κ2) is 5.01. The van der Waals surface area contributed by atoms with Gasteiger partial charge in [0.05, 0.1) is 22.7 Å². The van der Waals surface area contributed by atoms with Gasteiger partial charge in [0.25, 0.3) is 0 Å². The maximum atomic E-state index is 11.3. The fourth-order valence-corrected chi connectivity index (χ4v) is 2.01. The van der Waals surface area contributed by atoms with Crippen LogP contribution >= 0.6 is 39.1 Å². The Hall–Kier alpha value is -0.250. The summed E-state index contributed by atoms with van der Waals surface area (Å²) in [6.45, 7) is 0. The fraction of sp³-hybridized carbons (Fsp3) is 0.222. The van der Waals surface area contributed by atoms with Gasteiger partial charge >= 0.3 is 5.97 Å². The van der Waals surface area contributed by atoms with Crippen LogP contribution < -0.4 is 0 Å². The van der Waals surface area contributed by atoms with Gasteiger partial charge in [-0.3, -0.25) is 0 Å². The molecule has 1 rings (SSSR count). The SMILES string of the molecule is COC(=O)c1c(Cl)cc(CBr)cc1Cl. The second-order valence-corrected chi connectivity index (χ2v) is 3.93. The Balaban J connectivity index is 3.25.